The second-order valence-corrected chi connectivity index (χ2v) is 7.44. The Morgan fingerprint density at radius 2 is 1.77 bits per heavy atom. The summed E-state index contributed by atoms with van der Waals surface area (Å²) < 4.78 is 1.81. The lowest BCUT2D eigenvalue weighted by Gasteiger charge is -2.13. The average Bonchev–Trinajstić information content (AvgIpc) is 2.73. The van der Waals surface area contributed by atoms with Crippen LogP contribution >= 0.6 is 24.0 Å². The molecular formula is C23H34IN5O2. The molecule has 2 N–H and O–H groups in total. The van der Waals surface area contributed by atoms with Crippen molar-refractivity contribution in [2.75, 3.05) is 34.2 Å². The summed E-state index contributed by atoms with van der Waals surface area (Å²) in [5.74, 6) is 0.763. The third kappa shape index (κ3) is 8.72. The number of unbranched alkanes of at least 4 members (excludes halogenated alkanes) is 1. The van der Waals surface area contributed by atoms with Crippen LogP contribution in [-0.4, -0.2) is 55.6 Å². The summed E-state index contributed by atoms with van der Waals surface area (Å²) in [6.07, 6.45) is 2.66. The van der Waals surface area contributed by atoms with E-state index in [4.69, 9.17) is 0 Å². The van der Waals surface area contributed by atoms with Crippen molar-refractivity contribution in [3.8, 4) is 0 Å². The van der Waals surface area contributed by atoms with Crippen molar-refractivity contribution in [2.45, 2.75) is 32.7 Å². The normalized spacial score (nSPS) is 10.9. The van der Waals surface area contributed by atoms with Crippen LogP contribution in [0.1, 0.15) is 34.5 Å². The van der Waals surface area contributed by atoms with Crippen LogP contribution in [0.3, 0.4) is 0 Å². The number of aryl methyl sites for hydroxylation is 1. The van der Waals surface area contributed by atoms with E-state index in [-0.39, 0.29) is 35.4 Å². The molecule has 2 rings (SSSR count). The number of amides is 1. The first-order valence-corrected chi connectivity index (χ1v) is 10.3. The molecule has 0 radical (unpaired) electrons. The number of aliphatic imine (C=N–C) groups is 1. The van der Waals surface area contributed by atoms with Crippen LogP contribution in [0.15, 0.2) is 52.3 Å². The monoisotopic (exact) mass is 539 g/mol. The Bertz CT molecular complexity index is 924. The first-order valence-electron chi connectivity index (χ1n) is 10.3. The summed E-state index contributed by atoms with van der Waals surface area (Å²) in [5, 5.41) is 6.61. The molecule has 1 heterocycles. The quantitative estimate of drug-likeness (QED) is 0.222. The van der Waals surface area contributed by atoms with E-state index in [1.165, 1.54) is 0 Å². The first-order chi connectivity index (χ1) is 14.4. The number of rotatable bonds is 9. The molecule has 0 aliphatic rings. The lowest BCUT2D eigenvalue weighted by atomic mass is 10.1. The molecule has 0 spiro atoms. The Labute approximate surface area is 202 Å². The summed E-state index contributed by atoms with van der Waals surface area (Å²) in [6, 6.07) is 13.1. The topological polar surface area (TPSA) is 78.7 Å². The second-order valence-electron chi connectivity index (χ2n) is 7.44. The maximum Gasteiger partial charge on any atom is 0.253 e. The lowest BCUT2D eigenvalue weighted by Crippen LogP contribution is -2.38. The van der Waals surface area contributed by atoms with Gasteiger partial charge < -0.3 is 20.1 Å². The number of guanidine groups is 1. The van der Waals surface area contributed by atoms with E-state index >= 15 is 0 Å². The van der Waals surface area contributed by atoms with Gasteiger partial charge in [0.1, 0.15) is 0 Å². The molecule has 8 heteroatoms. The molecule has 0 aliphatic heterocycles. The Morgan fingerprint density at radius 1 is 1.06 bits per heavy atom. The van der Waals surface area contributed by atoms with Gasteiger partial charge in [0, 0.05) is 58.1 Å². The fourth-order valence-electron chi connectivity index (χ4n) is 3.18. The van der Waals surface area contributed by atoms with Crippen molar-refractivity contribution in [3.05, 3.63) is 69.6 Å². The Balaban J connectivity index is 0.00000480. The Morgan fingerprint density at radius 3 is 2.45 bits per heavy atom. The number of carbonyl (C=O) groups excluding carboxylic acids is 1. The lowest BCUT2D eigenvalue weighted by molar-refractivity contribution is 0.0827. The van der Waals surface area contributed by atoms with E-state index < -0.39 is 0 Å². The molecule has 1 aromatic heterocycles. The number of nitrogens with zero attached hydrogens (tertiary/aromatic N) is 3. The molecule has 0 aliphatic carbocycles. The third-order valence-electron chi connectivity index (χ3n) is 4.88. The van der Waals surface area contributed by atoms with Gasteiger partial charge in [-0.25, -0.2) is 0 Å². The van der Waals surface area contributed by atoms with Gasteiger partial charge in [-0.1, -0.05) is 18.2 Å². The van der Waals surface area contributed by atoms with E-state index in [0.29, 0.717) is 5.56 Å². The molecule has 170 valence electrons. The number of carbonyl (C=O) groups is 1. The summed E-state index contributed by atoms with van der Waals surface area (Å²) in [7, 11) is 5.26. The number of pyridine rings is 1. The maximum atomic E-state index is 12.1. The zero-order valence-electron chi connectivity index (χ0n) is 18.9. The number of nitrogens with one attached hydrogen (secondary N) is 2. The van der Waals surface area contributed by atoms with Gasteiger partial charge in [0.05, 0.1) is 0 Å². The van der Waals surface area contributed by atoms with Crippen LogP contribution in [0.25, 0.3) is 0 Å². The highest BCUT2D eigenvalue weighted by Gasteiger charge is 2.08. The zero-order chi connectivity index (χ0) is 21.9. The average molecular weight is 539 g/mol. The van der Waals surface area contributed by atoms with Crippen LogP contribution in [0.4, 0.5) is 0 Å². The van der Waals surface area contributed by atoms with Crippen LogP contribution < -0.4 is 16.2 Å². The summed E-state index contributed by atoms with van der Waals surface area (Å²) in [4.78, 5) is 29.8. The van der Waals surface area contributed by atoms with Gasteiger partial charge in [0.15, 0.2) is 5.96 Å². The van der Waals surface area contributed by atoms with Gasteiger partial charge >= 0.3 is 0 Å². The van der Waals surface area contributed by atoms with E-state index in [0.717, 1.165) is 56.1 Å². The molecule has 0 saturated heterocycles. The fraction of sp³-hybridized carbons (Fsp3) is 0.435. The van der Waals surface area contributed by atoms with E-state index in [1.54, 1.807) is 38.2 Å². The number of hydrogen-bond acceptors (Lipinski definition) is 3. The molecule has 2 aromatic rings. The summed E-state index contributed by atoms with van der Waals surface area (Å²) in [5.41, 5.74) is 2.85. The van der Waals surface area contributed by atoms with Crippen LogP contribution in [0.2, 0.25) is 0 Å². The largest absolute Gasteiger partial charge is 0.356 e. The molecule has 0 bridgehead atoms. The minimum absolute atomic E-state index is 0. The van der Waals surface area contributed by atoms with Crippen molar-refractivity contribution in [1.82, 2.24) is 20.1 Å². The first kappa shape index (κ1) is 26.7. The number of hydrogen-bond donors (Lipinski definition) is 2. The molecule has 1 amide bonds. The number of halogens is 1. The van der Waals surface area contributed by atoms with Gasteiger partial charge in [-0.3, -0.25) is 14.6 Å². The molecule has 1 aromatic carbocycles. The molecule has 0 saturated carbocycles. The summed E-state index contributed by atoms with van der Waals surface area (Å²) in [6.45, 7) is 4.18. The van der Waals surface area contributed by atoms with Gasteiger partial charge in [-0.2, -0.15) is 0 Å². The molecular weight excluding hydrogens is 505 g/mol. The van der Waals surface area contributed by atoms with Crippen molar-refractivity contribution in [3.63, 3.8) is 0 Å². The van der Waals surface area contributed by atoms with Gasteiger partial charge in [-0.05, 0) is 49.9 Å². The number of benzene rings is 1. The molecule has 0 fully saturated rings. The fourth-order valence-corrected chi connectivity index (χ4v) is 3.18. The molecule has 0 atom stereocenters. The second kappa shape index (κ2) is 13.8. The van der Waals surface area contributed by atoms with E-state index in [1.807, 2.05) is 41.8 Å². The highest BCUT2D eigenvalue weighted by molar-refractivity contribution is 14.0. The predicted molar refractivity (Wildman–Crippen MR) is 138 cm³/mol. The number of aromatic nitrogens is 1. The third-order valence-corrected chi connectivity index (χ3v) is 4.88. The molecule has 7 nitrogen and oxygen atoms in total. The molecule has 0 unspecified atom stereocenters. The van der Waals surface area contributed by atoms with Crippen LogP contribution in [0.5, 0.6) is 0 Å². The van der Waals surface area contributed by atoms with Gasteiger partial charge in [0.25, 0.3) is 11.5 Å². The Kier molecular flexibility index (Phi) is 11.9. The van der Waals surface area contributed by atoms with Gasteiger partial charge in [-0.15, -0.1) is 24.0 Å². The maximum absolute atomic E-state index is 12.1. The van der Waals surface area contributed by atoms with E-state index in [2.05, 4.69) is 15.6 Å². The molecule has 31 heavy (non-hydrogen) atoms. The van der Waals surface area contributed by atoms with Crippen molar-refractivity contribution < 1.29 is 4.79 Å². The van der Waals surface area contributed by atoms with Crippen LogP contribution in [0, 0.1) is 6.92 Å². The van der Waals surface area contributed by atoms with Crippen molar-refractivity contribution in [1.29, 1.82) is 0 Å². The minimum Gasteiger partial charge on any atom is -0.356 e. The van der Waals surface area contributed by atoms with Crippen molar-refractivity contribution >= 4 is 35.8 Å². The smallest absolute Gasteiger partial charge is 0.253 e. The minimum atomic E-state index is 0. The predicted octanol–water partition coefficient (Wildman–Crippen LogP) is 2.66. The SMILES string of the molecule is CN=C(NCCCCn1c(C)cccc1=O)NCCc1cccc(C(=O)N(C)C)c1.I. The highest BCUT2D eigenvalue weighted by Crippen LogP contribution is 2.07. The summed E-state index contributed by atoms with van der Waals surface area (Å²) >= 11 is 0. The van der Waals surface area contributed by atoms with E-state index in [9.17, 15) is 9.59 Å². The standard InChI is InChI=1S/C23H33N5O2.HI/c1-18-9-7-12-21(29)28(18)16-6-5-14-25-23(24-2)26-15-13-19-10-8-11-20(17-19)22(30)27(3)4;/h7-12,17H,5-6,13-16H2,1-4H3,(H2,24,25,26);1H. The Hall–Kier alpha value is -2.36. The highest BCUT2D eigenvalue weighted by atomic mass is 127. The van der Waals surface area contributed by atoms with Crippen molar-refractivity contribution in [2.24, 2.45) is 4.99 Å². The van der Waals surface area contributed by atoms with Gasteiger partial charge in [0.2, 0.25) is 0 Å². The zero-order valence-corrected chi connectivity index (χ0v) is 21.2. The van der Waals surface area contributed by atoms with Crippen LogP contribution in [-0.2, 0) is 13.0 Å².